The van der Waals surface area contributed by atoms with Crippen LogP contribution in [0.5, 0.6) is 0 Å². The summed E-state index contributed by atoms with van der Waals surface area (Å²) in [5.41, 5.74) is 8.60. The summed E-state index contributed by atoms with van der Waals surface area (Å²) in [6, 6.07) is 15.2. The topological polar surface area (TPSA) is 96.5 Å². The first-order valence-corrected chi connectivity index (χ1v) is 9.06. The van der Waals surface area contributed by atoms with E-state index in [-0.39, 0.29) is 35.3 Å². The van der Waals surface area contributed by atoms with Gasteiger partial charge in [-0.05, 0) is 29.8 Å². The Balaban J connectivity index is 1.62. The fourth-order valence-corrected chi connectivity index (χ4v) is 3.64. The van der Waals surface area contributed by atoms with Crippen molar-refractivity contribution >= 4 is 23.1 Å². The van der Waals surface area contributed by atoms with Gasteiger partial charge in [0.05, 0.1) is 12.1 Å². The summed E-state index contributed by atoms with van der Waals surface area (Å²) < 4.78 is 14.5. The zero-order valence-electron chi connectivity index (χ0n) is 15.2. The van der Waals surface area contributed by atoms with Crippen LogP contribution in [0.4, 0.5) is 15.9 Å². The average molecular weight is 389 g/mol. The first kappa shape index (κ1) is 17.2. The highest BCUT2D eigenvalue weighted by atomic mass is 19.1. The third-order valence-electron chi connectivity index (χ3n) is 5.13. The van der Waals surface area contributed by atoms with Gasteiger partial charge in [0, 0.05) is 17.7 Å². The number of fused-ring (bicyclic) bond motifs is 2. The highest BCUT2D eigenvalue weighted by Gasteiger charge is 2.34. The Morgan fingerprint density at radius 1 is 1.07 bits per heavy atom. The first-order valence-electron chi connectivity index (χ1n) is 9.06. The fraction of sp³-hybridized carbons (Fsp3) is 0.0952. The number of hydrogen-bond acceptors (Lipinski definition) is 4. The second-order valence-corrected chi connectivity index (χ2v) is 6.94. The van der Waals surface area contributed by atoms with Crippen molar-refractivity contribution in [2.45, 2.75) is 13.0 Å². The van der Waals surface area contributed by atoms with E-state index in [1.807, 2.05) is 30.3 Å². The fourth-order valence-electron chi connectivity index (χ4n) is 3.64. The smallest absolute Gasteiger partial charge is 0.278 e. The average Bonchev–Trinajstić information content (AvgIpc) is 3.23. The molecule has 0 fully saturated rings. The van der Waals surface area contributed by atoms with Crippen LogP contribution in [0.1, 0.15) is 27.2 Å². The SMILES string of the molecule is Nc1[nH]n2c(=O)c3c(nc2c1Cc1ccc(F)cc1)C(=O)N(c1ccccc1)C3. The van der Waals surface area contributed by atoms with Crippen LogP contribution in [0.25, 0.3) is 5.65 Å². The number of nitrogens with zero attached hydrogens (tertiary/aromatic N) is 3. The van der Waals surface area contributed by atoms with Crippen LogP contribution in [0, 0.1) is 5.82 Å². The molecule has 1 aliphatic heterocycles. The molecule has 2 aromatic carbocycles. The van der Waals surface area contributed by atoms with Gasteiger partial charge in [0.25, 0.3) is 11.5 Å². The van der Waals surface area contributed by atoms with E-state index < -0.39 is 0 Å². The molecule has 0 bridgehead atoms. The third kappa shape index (κ3) is 2.68. The summed E-state index contributed by atoms with van der Waals surface area (Å²) in [7, 11) is 0. The van der Waals surface area contributed by atoms with Crippen molar-refractivity contribution in [3.05, 3.63) is 93.2 Å². The second-order valence-electron chi connectivity index (χ2n) is 6.94. The second kappa shape index (κ2) is 6.30. The van der Waals surface area contributed by atoms with E-state index in [0.29, 0.717) is 28.9 Å². The monoisotopic (exact) mass is 389 g/mol. The molecule has 1 amide bonds. The van der Waals surface area contributed by atoms with E-state index in [4.69, 9.17) is 5.73 Å². The van der Waals surface area contributed by atoms with Gasteiger partial charge in [-0.2, -0.15) is 4.52 Å². The molecule has 7 nitrogen and oxygen atoms in total. The Morgan fingerprint density at radius 2 is 1.79 bits per heavy atom. The number of carbonyl (C=O) groups excluding carboxylic acids is 1. The number of carbonyl (C=O) groups is 1. The minimum absolute atomic E-state index is 0.137. The molecular weight excluding hydrogens is 373 g/mol. The van der Waals surface area contributed by atoms with Gasteiger partial charge < -0.3 is 10.6 Å². The van der Waals surface area contributed by atoms with Gasteiger partial charge in [-0.1, -0.05) is 30.3 Å². The van der Waals surface area contributed by atoms with Crippen molar-refractivity contribution in [2.24, 2.45) is 0 Å². The molecule has 0 spiro atoms. The maximum absolute atomic E-state index is 13.2. The lowest BCUT2D eigenvalue weighted by Gasteiger charge is -2.14. The maximum atomic E-state index is 13.2. The first-order chi connectivity index (χ1) is 14.0. The summed E-state index contributed by atoms with van der Waals surface area (Å²) in [5.74, 6) is -0.368. The maximum Gasteiger partial charge on any atom is 0.278 e. The van der Waals surface area contributed by atoms with Crippen LogP contribution >= 0.6 is 0 Å². The molecule has 3 N–H and O–H groups in total. The van der Waals surface area contributed by atoms with Crippen LogP contribution in [-0.4, -0.2) is 20.5 Å². The molecule has 0 aliphatic carbocycles. The van der Waals surface area contributed by atoms with E-state index in [9.17, 15) is 14.0 Å². The van der Waals surface area contributed by atoms with Crippen LogP contribution in [0.2, 0.25) is 0 Å². The van der Waals surface area contributed by atoms with E-state index >= 15 is 0 Å². The largest absolute Gasteiger partial charge is 0.384 e. The molecule has 0 atom stereocenters. The summed E-state index contributed by atoms with van der Waals surface area (Å²) >= 11 is 0. The Labute approximate surface area is 164 Å². The number of nitrogens with one attached hydrogen (secondary N) is 1. The van der Waals surface area contributed by atoms with Gasteiger partial charge in [-0.3, -0.25) is 14.7 Å². The number of anilines is 2. The van der Waals surface area contributed by atoms with E-state index in [1.54, 1.807) is 12.1 Å². The molecular formula is C21H16FN5O2. The number of hydrogen-bond donors (Lipinski definition) is 2. The van der Waals surface area contributed by atoms with Crippen molar-refractivity contribution in [3.63, 3.8) is 0 Å². The molecule has 29 heavy (non-hydrogen) atoms. The molecule has 0 saturated carbocycles. The van der Waals surface area contributed by atoms with Crippen LogP contribution < -0.4 is 16.2 Å². The molecule has 8 heteroatoms. The number of halogens is 1. The lowest BCUT2D eigenvalue weighted by Crippen LogP contribution is -2.23. The van der Waals surface area contributed by atoms with Gasteiger partial charge in [-0.15, -0.1) is 0 Å². The number of amides is 1. The van der Waals surface area contributed by atoms with Crippen LogP contribution in [-0.2, 0) is 13.0 Å². The summed E-state index contributed by atoms with van der Waals surface area (Å²) in [5, 5.41) is 2.84. The normalized spacial score (nSPS) is 13.3. The number of nitrogen functional groups attached to an aromatic ring is 1. The van der Waals surface area contributed by atoms with Gasteiger partial charge in [0.1, 0.15) is 17.3 Å². The van der Waals surface area contributed by atoms with Crippen molar-refractivity contribution in [1.29, 1.82) is 0 Å². The molecule has 144 valence electrons. The Hall–Kier alpha value is -3.94. The summed E-state index contributed by atoms with van der Waals surface area (Å²) in [6.45, 7) is 0.152. The predicted molar refractivity (Wildman–Crippen MR) is 106 cm³/mol. The lowest BCUT2D eigenvalue weighted by atomic mass is 10.1. The van der Waals surface area contributed by atoms with Crippen molar-refractivity contribution in [1.82, 2.24) is 14.6 Å². The molecule has 2 aromatic heterocycles. The minimum atomic E-state index is -0.353. The number of rotatable bonds is 3. The summed E-state index contributed by atoms with van der Waals surface area (Å²) in [4.78, 5) is 32.0. The highest BCUT2D eigenvalue weighted by molar-refractivity contribution is 6.08. The Kier molecular flexibility index (Phi) is 3.73. The van der Waals surface area contributed by atoms with E-state index in [2.05, 4.69) is 10.1 Å². The van der Waals surface area contributed by atoms with Crippen molar-refractivity contribution < 1.29 is 9.18 Å². The number of H-pyrrole nitrogens is 1. The molecule has 4 aromatic rings. The van der Waals surface area contributed by atoms with Gasteiger partial charge >= 0.3 is 0 Å². The zero-order chi connectivity index (χ0) is 20.1. The molecule has 1 aliphatic rings. The number of aromatic amines is 1. The molecule has 0 unspecified atom stereocenters. The quantitative estimate of drug-likeness (QED) is 0.563. The zero-order valence-corrected chi connectivity index (χ0v) is 15.2. The van der Waals surface area contributed by atoms with Gasteiger partial charge in [-0.25, -0.2) is 9.37 Å². The van der Waals surface area contributed by atoms with Crippen molar-refractivity contribution in [2.75, 3.05) is 10.6 Å². The standard InChI is InChI=1S/C21H16FN5O2/c22-13-8-6-12(7-9-13)10-15-18(23)25-27-19(15)24-17-16(20(27)28)11-26(21(17)29)14-4-2-1-3-5-14/h1-9,25H,10-11,23H2. The van der Waals surface area contributed by atoms with E-state index in [1.165, 1.54) is 21.5 Å². The number of nitrogens with two attached hydrogens (primary N) is 1. The lowest BCUT2D eigenvalue weighted by molar-refractivity contribution is 0.0992. The molecule has 3 heterocycles. The summed E-state index contributed by atoms with van der Waals surface area (Å²) in [6.07, 6.45) is 0.348. The van der Waals surface area contributed by atoms with Crippen molar-refractivity contribution in [3.8, 4) is 0 Å². The highest BCUT2D eigenvalue weighted by Crippen LogP contribution is 2.27. The third-order valence-corrected chi connectivity index (χ3v) is 5.13. The number of para-hydroxylation sites is 1. The number of aromatic nitrogens is 3. The van der Waals surface area contributed by atoms with E-state index in [0.717, 1.165) is 5.56 Å². The predicted octanol–water partition coefficient (Wildman–Crippen LogP) is 2.50. The van der Waals surface area contributed by atoms with Crippen LogP contribution in [0.3, 0.4) is 0 Å². The number of benzene rings is 2. The minimum Gasteiger partial charge on any atom is -0.384 e. The molecule has 0 radical (unpaired) electrons. The van der Waals surface area contributed by atoms with Crippen LogP contribution in [0.15, 0.2) is 59.4 Å². The Bertz CT molecular complexity index is 1310. The molecule has 5 rings (SSSR count). The molecule has 0 saturated heterocycles. The Morgan fingerprint density at radius 3 is 2.52 bits per heavy atom. The van der Waals surface area contributed by atoms with Gasteiger partial charge in [0.15, 0.2) is 5.65 Å². The van der Waals surface area contributed by atoms with Gasteiger partial charge in [0.2, 0.25) is 0 Å².